The number of pyridine rings is 2. The summed E-state index contributed by atoms with van der Waals surface area (Å²) in [6, 6.07) is 7.43. The highest BCUT2D eigenvalue weighted by Crippen LogP contribution is 2.17. The second-order valence-corrected chi connectivity index (χ2v) is 2.92. The molecular weight excluding hydrogens is 184 g/mol. The van der Waals surface area contributed by atoms with Crippen LogP contribution in [0, 0.1) is 6.20 Å². The van der Waals surface area contributed by atoms with E-state index in [-0.39, 0.29) is 0 Å². The lowest BCUT2D eigenvalue weighted by Gasteiger charge is -1.98. The summed E-state index contributed by atoms with van der Waals surface area (Å²) in [5, 5.41) is 0.493. The number of aromatic nitrogens is 2. The van der Waals surface area contributed by atoms with E-state index in [0.29, 0.717) is 5.15 Å². The topological polar surface area (TPSA) is 25.8 Å². The summed E-state index contributed by atoms with van der Waals surface area (Å²) in [6.45, 7) is 0. The van der Waals surface area contributed by atoms with Crippen LogP contribution in [0.2, 0.25) is 5.15 Å². The second kappa shape index (κ2) is 3.54. The minimum Gasteiger partial charge on any atom is -0.254 e. The summed E-state index contributed by atoms with van der Waals surface area (Å²) < 4.78 is 0. The van der Waals surface area contributed by atoms with Gasteiger partial charge in [0, 0.05) is 23.5 Å². The van der Waals surface area contributed by atoms with Gasteiger partial charge in [0.2, 0.25) is 0 Å². The van der Waals surface area contributed by atoms with Gasteiger partial charge in [-0.15, -0.1) is 0 Å². The fourth-order valence-electron chi connectivity index (χ4n) is 1.02. The molecule has 0 aliphatic carbocycles. The molecule has 2 rings (SSSR count). The highest BCUT2D eigenvalue weighted by molar-refractivity contribution is 6.29. The Bertz CT molecular complexity index is 383. The quantitative estimate of drug-likeness (QED) is 0.645. The van der Waals surface area contributed by atoms with Crippen molar-refractivity contribution in [2.75, 3.05) is 0 Å². The van der Waals surface area contributed by atoms with Gasteiger partial charge in [0.1, 0.15) is 5.15 Å². The van der Waals surface area contributed by atoms with Crippen molar-refractivity contribution in [3.05, 3.63) is 48.0 Å². The average Bonchev–Trinajstić information content (AvgIpc) is 2.20. The normalized spacial score (nSPS) is 9.92. The zero-order chi connectivity index (χ0) is 9.10. The Balaban J connectivity index is 2.42. The number of nitrogens with zero attached hydrogens (tertiary/aromatic N) is 2. The molecule has 0 saturated heterocycles. The molecule has 0 bridgehead atoms. The molecule has 0 unspecified atom stereocenters. The molecule has 2 nitrogen and oxygen atoms in total. The van der Waals surface area contributed by atoms with E-state index < -0.39 is 0 Å². The van der Waals surface area contributed by atoms with Crippen molar-refractivity contribution in [1.82, 2.24) is 9.97 Å². The van der Waals surface area contributed by atoms with Crippen molar-refractivity contribution < 1.29 is 0 Å². The smallest absolute Gasteiger partial charge is 0.129 e. The molecule has 2 heterocycles. The van der Waals surface area contributed by atoms with E-state index >= 15 is 0 Å². The van der Waals surface area contributed by atoms with E-state index in [1.807, 2.05) is 18.2 Å². The molecule has 2 aromatic heterocycles. The highest BCUT2D eigenvalue weighted by atomic mass is 35.5. The molecular formula is C10H6ClN2. The molecule has 0 N–H and O–H groups in total. The van der Waals surface area contributed by atoms with Crippen molar-refractivity contribution in [2.45, 2.75) is 0 Å². The lowest BCUT2D eigenvalue weighted by molar-refractivity contribution is 1.29. The van der Waals surface area contributed by atoms with Gasteiger partial charge in [0.15, 0.2) is 0 Å². The standard InChI is InChI=1S/C10H6ClN2/c11-10-4-3-9(7-13-10)8-2-1-5-12-6-8/h1-5,7H. The Morgan fingerprint density at radius 1 is 1.23 bits per heavy atom. The van der Waals surface area contributed by atoms with Crippen LogP contribution in [0.1, 0.15) is 0 Å². The van der Waals surface area contributed by atoms with E-state index in [0.717, 1.165) is 11.1 Å². The summed E-state index contributed by atoms with van der Waals surface area (Å²) in [7, 11) is 0. The van der Waals surface area contributed by atoms with Crippen LogP contribution < -0.4 is 0 Å². The SMILES string of the molecule is Clc1ccc(-c2[c]nccc2)cn1. The maximum Gasteiger partial charge on any atom is 0.129 e. The van der Waals surface area contributed by atoms with Crippen LogP contribution in [-0.2, 0) is 0 Å². The summed E-state index contributed by atoms with van der Waals surface area (Å²) >= 11 is 5.66. The Kier molecular flexibility index (Phi) is 2.23. The predicted octanol–water partition coefficient (Wildman–Crippen LogP) is 2.60. The molecule has 0 fully saturated rings. The van der Waals surface area contributed by atoms with Crippen LogP contribution >= 0.6 is 11.6 Å². The zero-order valence-corrected chi connectivity index (χ0v) is 7.49. The number of hydrogen-bond acceptors (Lipinski definition) is 2. The van der Waals surface area contributed by atoms with Crippen LogP contribution in [0.5, 0.6) is 0 Å². The largest absolute Gasteiger partial charge is 0.254 e. The third kappa shape index (κ3) is 1.84. The fraction of sp³-hybridized carbons (Fsp3) is 0. The predicted molar refractivity (Wildman–Crippen MR) is 51.3 cm³/mol. The van der Waals surface area contributed by atoms with Gasteiger partial charge in [0.25, 0.3) is 0 Å². The average molecular weight is 190 g/mol. The van der Waals surface area contributed by atoms with Crippen LogP contribution in [0.3, 0.4) is 0 Å². The minimum atomic E-state index is 0.493. The van der Waals surface area contributed by atoms with Crippen molar-refractivity contribution >= 4 is 11.6 Å². The number of hydrogen-bond donors (Lipinski definition) is 0. The van der Waals surface area contributed by atoms with E-state index in [1.165, 1.54) is 0 Å². The first-order chi connectivity index (χ1) is 6.36. The Labute approximate surface area is 81.2 Å². The first-order valence-corrected chi connectivity index (χ1v) is 4.19. The molecule has 0 aliphatic rings. The maximum atomic E-state index is 5.66. The monoisotopic (exact) mass is 189 g/mol. The van der Waals surface area contributed by atoms with Gasteiger partial charge in [-0.2, -0.15) is 0 Å². The second-order valence-electron chi connectivity index (χ2n) is 2.53. The molecule has 3 heteroatoms. The Morgan fingerprint density at radius 3 is 2.77 bits per heavy atom. The maximum absolute atomic E-state index is 5.66. The number of rotatable bonds is 1. The molecule has 13 heavy (non-hydrogen) atoms. The Hall–Kier alpha value is -1.41. The third-order valence-electron chi connectivity index (χ3n) is 1.65. The first kappa shape index (κ1) is 8.20. The molecule has 0 spiro atoms. The van der Waals surface area contributed by atoms with Crippen LogP contribution in [0.4, 0.5) is 0 Å². The molecule has 0 saturated carbocycles. The number of halogens is 1. The van der Waals surface area contributed by atoms with Crippen LogP contribution in [0.25, 0.3) is 11.1 Å². The molecule has 0 amide bonds. The summed E-state index contributed by atoms with van der Waals surface area (Å²) in [6.07, 6.45) is 6.26. The minimum absolute atomic E-state index is 0.493. The molecule has 2 aromatic rings. The van der Waals surface area contributed by atoms with Gasteiger partial charge in [0.05, 0.1) is 6.20 Å². The third-order valence-corrected chi connectivity index (χ3v) is 1.87. The summed E-state index contributed by atoms with van der Waals surface area (Å²) in [5.74, 6) is 0. The van der Waals surface area contributed by atoms with Crippen LogP contribution in [0.15, 0.2) is 36.7 Å². The van der Waals surface area contributed by atoms with Crippen molar-refractivity contribution in [3.63, 3.8) is 0 Å². The van der Waals surface area contributed by atoms with E-state index in [9.17, 15) is 0 Å². The lowest BCUT2D eigenvalue weighted by Crippen LogP contribution is -1.81. The van der Waals surface area contributed by atoms with Crippen molar-refractivity contribution in [2.24, 2.45) is 0 Å². The van der Waals surface area contributed by atoms with Gasteiger partial charge >= 0.3 is 0 Å². The molecule has 0 aliphatic heterocycles. The zero-order valence-electron chi connectivity index (χ0n) is 6.74. The molecule has 63 valence electrons. The van der Waals surface area contributed by atoms with E-state index in [4.69, 9.17) is 11.6 Å². The summed E-state index contributed by atoms with van der Waals surface area (Å²) in [4.78, 5) is 7.87. The molecule has 0 atom stereocenters. The van der Waals surface area contributed by atoms with Crippen molar-refractivity contribution in [3.8, 4) is 11.1 Å². The highest BCUT2D eigenvalue weighted by Gasteiger charge is 1.97. The Morgan fingerprint density at radius 2 is 2.15 bits per heavy atom. The van der Waals surface area contributed by atoms with E-state index in [2.05, 4.69) is 16.2 Å². The summed E-state index contributed by atoms with van der Waals surface area (Å²) in [5.41, 5.74) is 1.89. The fourth-order valence-corrected chi connectivity index (χ4v) is 1.13. The molecule has 1 radical (unpaired) electrons. The van der Waals surface area contributed by atoms with Gasteiger partial charge < -0.3 is 0 Å². The van der Waals surface area contributed by atoms with Crippen molar-refractivity contribution in [1.29, 1.82) is 0 Å². The van der Waals surface area contributed by atoms with Gasteiger partial charge in [-0.05, 0) is 18.2 Å². The van der Waals surface area contributed by atoms with Gasteiger partial charge in [-0.1, -0.05) is 17.7 Å². The van der Waals surface area contributed by atoms with Gasteiger partial charge in [-0.25, -0.2) is 4.98 Å². The molecule has 0 aromatic carbocycles. The van der Waals surface area contributed by atoms with Gasteiger partial charge in [-0.3, -0.25) is 4.98 Å². The van der Waals surface area contributed by atoms with E-state index in [1.54, 1.807) is 18.5 Å². The first-order valence-electron chi connectivity index (χ1n) is 3.81. The van der Waals surface area contributed by atoms with Crippen LogP contribution in [-0.4, -0.2) is 9.97 Å². The lowest BCUT2D eigenvalue weighted by atomic mass is 10.1.